The summed E-state index contributed by atoms with van der Waals surface area (Å²) in [6.45, 7) is 4.25. The van der Waals surface area contributed by atoms with Crippen molar-refractivity contribution in [1.82, 2.24) is 4.98 Å². The summed E-state index contributed by atoms with van der Waals surface area (Å²) >= 11 is 5.27. The molecule has 3 aromatic rings. The molecule has 1 nitrogen and oxygen atoms in total. The van der Waals surface area contributed by atoms with Crippen LogP contribution in [-0.2, 0) is 0 Å². The van der Waals surface area contributed by atoms with Gasteiger partial charge in [-0.25, -0.2) is 4.98 Å². The molecule has 3 rings (SSSR count). The number of rotatable bonds is 2. The van der Waals surface area contributed by atoms with Crippen molar-refractivity contribution in [3.05, 3.63) is 63.4 Å². The molecule has 20 heavy (non-hydrogen) atoms. The molecule has 0 aliphatic heterocycles. The molecule has 0 N–H and O–H groups in total. The van der Waals surface area contributed by atoms with Gasteiger partial charge in [0.05, 0.1) is 5.69 Å². The Morgan fingerprint density at radius 3 is 2.40 bits per heavy atom. The van der Waals surface area contributed by atoms with Crippen molar-refractivity contribution in [3.63, 3.8) is 0 Å². The number of aromatic nitrogens is 1. The highest BCUT2D eigenvalue weighted by Gasteiger charge is 2.09. The monoisotopic (exact) mass is 343 g/mol. The molecule has 0 saturated heterocycles. The highest BCUT2D eigenvalue weighted by Crippen LogP contribution is 2.33. The van der Waals surface area contributed by atoms with Crippen molar-refractivity contribution < 1.29 is 0 Å². The first-order valence-corrected chi connectivity index (χ1v) is 8.10. The lowest BCUT2D eigenvalue weighted by Crippen LogP contribution is -1.84. The molecule has 100 valence electrons. The molecule has 2 aromatic carbocycles. The number of thiazole rings is 1. The molecule has 0 saturated carbocycles. The van der Waals surface area contributed by atoms with Crippen LogP contribution in [0.15, 0.2) is 52.3 Å². The maximum absolute atomic E-state index is 4.78. The molecule has 3 heteroatoms. The number of halogens is 1. The van der Waals surface area contributed by atoms with Crippen molar-refractivity contribution in [1.29, 1.82) is 0 Å². The van der Waals surface area contributed by atoms with Gasteiger partial charge >= 0.3 is 0 Å². The van der Waals surface area contributed by atoms with Gasteiger partial charge < -0.3 is 0 Å². The van der Waals surface area contributed by atoms with Gasteiger partial charge in [0, 0.05) is 21.0 Å². The van der Waals surface area contributed by atoms with E-state index in [-0.39, 0.29) is 0 Å². The van der Waals surface area contributed by atoms with Gasteiger partial charge in [0.2, 0.25) is 0 Å². The highest BCUT2D eigenvalue weighted by atomic mass is 79.9. The van der Waals surface area contributed by atoms with Gasteiger partial charge in [0.15, 0.2) is 0 Å². The SMILES string of the molecule is Cc1cc(C)cc(-c2csc(-c3ccccc3Br)n2)c1. The maximum atomic E-state index is 4.78. The third-order valence-electron chi connectivity index (χ3n) is 3.13. The Bertz CT molecular complexity index is 741. The van der Waals surface area contributed by atoms with Crippen LogP contribution in [0.4, 0.5) is 0 Å². The van der Waals surface area contributed by atoms with E-state index in [1.165, 1.54) is 16.7 Å². The Hall–Kier alpha value is -1.45. The van der Waals surface area contributed by atoms with Crippen LogP contribution in [-0.4, -0.2) is 4.98 Å². The summed E-state index contributed by atoms with van der Waals surface area (Å²) in [5.41, 5.74) is 5.93. The first kappa shape index (κ1) is 13.5. The number of hydrogen-bond acceptors (Lipinski definition) is 2. The molecule has 0 spiro atoms. The smallest absolute Gasteiger partial charge is 0.125 e. The lowest BCUT2D eigenvalue weighted by atomic mass is 10.1. The van der Waals surface area contributed by atoms with Crippen LogP contribution in [0.5, 0.6) is 0 Å². The summed E-state index contributed by atoms with van der Waals surface area (Å²) in [6, 6.07) is 14.8. The largest absolute Gasteiger partial charge is 0.236 e. The summed E-state index contributed by atoms with van der Waals surface area (Å²) < 4.78 is 1.08. The number of hydrogen-bond donors (Lipinski definition) is 0. The van der Waals surface area contributed by atoms with Gasteiger partial charge in [-0.15, -0.1) is 11.3 Å². The van der Waals surface area contributed by atoms with Crippen LogP contribution in [0, 0.1) is 13.8 Å². The topological polar surface area (TPSA) is 12.9 Å². The lowest BCUT2D eigenvalue weighted by molar-refractivity contribution is 1.34. The summed E-state index contributed by atoms with van der Waals surface area (Å²) in [7, 11) is 0. The quantitative estimate of drug-likeness (QED) is 0.568. The number of nitrogens with zero attached hydrogens (tertiary/aromatic N) is 1. The van der Waals surface area contributed by atoms with E-state index >= 15 is 0 Å². The Balaban J connectivity index is 2.04. The first-order valence-electron chi connectivity index (χ1n) is 6.42. The molecule has 1 aromatic heterocycles. The van der Waals surface area contributed by atoms with Gasteiger partial charge in [-0.1, -0.05) is 51.3 Å². The standard InChI is InChI=1S/C17H14BrNS/c1-11-7-12(2)9-13(8-11)16-10-20-17(19-16)14-5-3-4-6-15(14)18/h3-10H,1-2H3. The molecule has 0 aliphatic carbocycles. The van der Waals surface area contributed by atoms with E-state index in [4.69, 9.17) is 4.98 Å². The molecule has 0 unspecified atom stereocenters. The molecule has 1 heterocycles. The molecule has 0 radical (unpaired) electrons. The van der Waals surface area contributed by atoms with Crippen LogP contribution in [0.2, 0.25) is 0 Å². The van der Waals surface area contributed by atoms with Gasteiger partial charge in [0.1, 0.15) is 5.01 Å². The summed E-state index contributed by atoms with van der Waals surface area (Å²) in [4.78, 5) is 4.78. The second kappa shape index (κ2) is 5.51. The Morgan fingerprint density at radius 1 is 1.00 bits per heavy atom. The Labute approximate surface area is 131 Å². The van der Waals surface area contributed by atoms with E-state index in [2.05, 4.69) is 59.4 Å². The van der Waals surface area contributed by atoms with Gasteiger partial charge in [-0.2, -0.15) is 0 Å². The van der Waals surface area contributed by atoms with E-state index in [0.717, 1.165) is 20.7 Å². The highest BCUT2D eigenvalue weighted by molar-refractivity contribution is 9.10. The third-order valence-corrected chi connectivity index (χ3v) is 4.69. The Morgan fingerprint density at radius 2 is 1.70 bits per heavy atom. The molecular formula is C17H14BrNS. The lowest BCUT2D eigenvalue weighted by Gasteiger charge is -2.02. The third kappa shape index (κ3) is 2.69. The molecule has 0 aliphatic rings. The van der Waals surface area contributed by atoms with Crippen molar-refractivity contribution in [2.24, 2.45) is 0 Å². The van der Waals surface area contributed by atoms with E-state index in [9.17, 15) is 0 Å². The fourth-order valence-electron chi connectivity index (χ4n) is 2.29. The van der Waals surface area contributed by atoms with Crippen LogP contribution in [0.25, 0.3) is 21.8 Å². The summed E-state index contributed by atoms with van der Waals surface area (Å²) in [6.07, 6.45) is 0. The van der Waals surface area contributed by atoms with Crippen LogP contribution >= 0.6 is 27.3 Å². The zero-order valence-corrected chi connectivity index (χ0v) is 13.8. The second-order valence-electron chi connectivity index (χ2n) is 4.89. The summed E-state index contributed by atoms with van der Waals surface area (Å²) in [5, 5.41) is 3.18. The molecule has 0 amide bonds. The van der Waals surface area contributed by atoms with E-state index in [0.29, 0.717) is 0 Å². The molecule has 0 fully saturated rings. The van der Waals surface area contributed by atoms with Gasteiger partial charge in [0.25, 0.3) is 0 Å². The van der Waals surface area contributed by atoms with Gasteiger partial charge in [-0.05, 0) is 32.0 Å². The predicted molar refractivity (Wildman–Crippen MR) is 90.2 cm³/mol. The van der Waals surface area contributed by atoms with Crippen molar-refractivity contribution in [3.8, 4) is 21.8 Å². The molecular weight excluding hydrogens is 330 g/mol. The van der Waals surface area contributed by atoms with E-state index in [1.54, 1.807) is 11.3 Å². The van der Waals surface area contributed by atoms with Crippen molar-refractivity contribution in [2.45, 2.75) is 13.8 Å². The average Bonchev–Trinajstić information content (AvgIpc) is 2.87. The normalized spacial score (nSPS) is 10.8. The molecule has 0 atom stereocenters. The van der Waals surface area contributed by atoms with Crippen LogP contribution < -0.4 is 0 Å². The fourth-order valence-corrected chi connectivity index (χ4v) is 3.76. The first-order chi connectivity index (χ1) is 9.63. The van der Waals surface area contributed by atoms with Crippen molar-refractivity contribution >= 4 is 27.3 Å². The maximum Gasteiger partial charge on any atom is 0.125 e. The minimum atomic E-state index is 1.05. The van der Waals surface area contributed by atoms with Gasteiger partial charge in [-0.3, -0.25) is 0 Å². The zero-order chi connectivity index (χ0) is 14.1. The zero-order valence-electron chi connectivity index (χ0n) is 11.4. The van der Waals surface area contributed by atoms with Crippen LogP contribution in [0.1, 0.15) is 11.1 Å². The van der Waals surface area contributed by atoms with E-state index < -0.39 is 0 Å². The number of benzene rings is 2. The number of aryl methyl sites for hydroxylation is 2. The second-order valence-corrected chi connectivity index (χ2v) is 6.61. The minimum absolute atomic E-state index is 1.05. The average molecular weight is 344 g/mol. The van der Waals surface area contributed by atoms with Crippen molar-refractivity contribution in [2.75, 3.05) is 0 Å². The summed E-state index contributed by atoms with van der Waals surface area (Å²) in [5.74, 6) is 0. The molecule has 0 bridgehead atoms. The predicted octanol–water partition coefficient (Wildman–Crippen LogP) is 5.86. The Kier molecular flexibility index (Phi) is 3.72. The fraction of sp³-hybridized carbons (Fsp3) is 0.118. The van der Waals surface area contributed by atoms with Crippen LogP contribution in [0.3, 0.4) is 0 Å². The van der Waals surface area contributed by atoms with E-state index in [1.807, 2.05) is 18.2 Å². The minimum Gasteiger partial charge on any atom is -0.236 e.